The molecule has 689 valence electrons. The van der Waals surface area contributed by atoms with E-state index in [1.165, 1.54) is 109 Å². The summed E-state index contributed by atoms with van der Waals surface area (Å²) in [7, 11) is -4.40. The average molecular weight is 2350 g/mol. The molecular formula is C120H119Ir3N9Si3-6. The van der Waals surface area contributed by atoms with Crippen LogP contribution in [0.15, 0.2) is 353 Å². The summed E-state index contributed by atoms with van der Waals surface area (Å²) in [6.45, 7) is 41.0. The Morgan fingerprint density at radius 3 is 1.00 bits per heavy atom. The van der Waals surface area contributed by atoms with E-state index in [2.05, 4.69) is 386 Å². The summed E-state index contributed by atoms with van der Waals surface area (Å²) in [5.74, 6) is 2.24. The minimum absolute atomic E-state index is 0. The molecule has 2 unspecified atom stereocenters. The van der Waals surface area contributed by atoms with E-state index >= 15 is 0 Å². The molecule has 15 heteroatoms. The van der Waals surface area contributed by atoms with Crippen LogP contribution in [0.2, 0.25) is 58.9 Å². The van der Waals surface area contributed by atoms with Crippen molar-refractivity contribution in [3.63, 3.8) is 0 Å². The Morgan fingerprint density at radius 2 is 0.637 bits per heavy atom. The Bertz CT molecular complexity index is 6930. The molecule has 0 N–H and O–H groups in total. The SMILES string of the molecule is CC(C)C(C)c1cc(-c2[c-]cc3c(c2)c2ccccc2n3-c2ccccc2)ncc1[Si](C)(C)C.CCC(C)c1cc(-c2[c-]cc3c(c2)c2ccccc2n3-c2ccccc2)ncc1[Si](C)(C)C.CCn1c2c[c-]c(-c3cc(CC(C)C)c([Si](C)(C)C)cn3)cc2c2ccccc21.[Ir].[Ir].[Ir].[c-]1ccccc1-c1ccccn1.[c-]1ccccc1-c1ccccn1.[c-]1ccccc1-c1ccccn1. The van der Waals surface area contributed by atoms with Crippen LogP contribution >= 0.6 is 0 Å². The fourth-order valence-electron chi connectivity index (χ4n) is 17.3. The fourth-order valence-corrected chi connectivity index (χ4v) is 22.2. The molecule has 0 bridgehead atoms. The summed E-state index contributed by atoms with van der Waals surface area (Å²) < 4.78 is 7.03. The molecule has 0 aliphatic rings. The van der Waals surface area contributed by atoms with Gasteiger partial charge >= 0.3 is 0 Å². The topological polar surface area (TPSA) is 92.1 Å². The first-order valence-corrected chi connectivity index (χ1v) is 56.9. The molecule has 0 saturated heterocycles. The van der Waals surface area contributed by atoms with Crippen molar-refractivity contribution in [2.24, 2.45) is 11.8 Å². The second kappa shape index (κ2) is 46.7. The van der Waals surface area contributed by atoms with Gasteiger partial charge in [-0.3, -0.25) is 0 Å². The van der Waals surface area contributed by atoms with E-state index in [1.54, 1.807) is 18.6 Å². The van der Waals surface area contributed by atoms with Crippen LogP contribution in [-0.4, -0.2) is 67.8 Å². The van der Waals surface area contributed by atoms with Gasteiger partial charge in [0.15, 0.2) is 0 Å². The summed E-state index contributed by atoms with van der Waals surface area (Å²) in [6.07, 6.45) is 14.0. The maximum Gasteiger partial charge on any atom is 0.0799 e. The summed E-state index contributed by atoms with van der Waals surface area (Å²) >= 11 is 0. The van der Waals surface area contributed by atoms with E-state index in [-0.39, 0.29) is 60.3 Å². The number of aryl methyl sites for hydroxylation is 1. The third-order valence-electron chi connectivity index (χ3n) is 24.6. The Hall–Kier alpha value is -11.7. The second-order valence-corrected chi connectivity index (χ2v) is 52.9. The van der Waals surface area contributed by atoms with Gasteiger partial charge in [-0.1, -0.05) is 286 Å². The van der Waals surface area contributed by atoms with Gasteiger partial charge in [0, 0.05) is 132 Å². The minimum atomic E-state index is -1.50. The minimum Gasteiger partial charge on any atom is -0.381 e. The van der Waals surface area contributed by atoms with Crippen molar-refractivity contribution in [1.82, 2.24) is 43.6 Å². The van der Waals surface area contributed by atoms with Crippen molar-refractivity contribution >= 4 is 105 Å². The van der Waals surface area contributed by atoms with E-state index in [0.717, 1.165) is 86.9 Å². The first-order chi connectivity index (χ1) is 63.8. The number of pyridine rings is 6. The van der Waals surface area contributed by atoms with E-state index < -0.39 is 24.2 Å². The fraction of sp³-hybridized carbons (Fsp3) is 0.200. The normalized spacial score (nSPS) is 11.7. The Labute approximate surface area is 843 Å². The van der Waals surface area contributed by atoms with Crippen molar-refractivity contribution in [1.29, 1.82) is 0 Å². The number of aromatic nitrogens is 9. The summed E-state index contributed by atoms with van der Waals surface area (Å²) in [4.78, 5) is 27.5. The standard InChI is InChI=1S/C31H33N2Si.C30H31N2Si.C26H31N2Si.3C11H8N.3Ir/c1-21(2)22(3)26-19-28(32-20-31(26)34(4,5)6)23-16-17-30-27(18-23)25-14-10-11-15-29(25)33(30)24-12-8-7-9-13-24;1-6-21(2)25-19-27(31-20-30(25)33(3,4)5)22-16-17-29-26(18-22)24-14-10-11-15-28(24)32(29)23-12-8-7-9-13-23;1-7-28-24-11-9-8-10-21(24)22-15-19(12-13-25(22)28)23-16-20(14-18(2)3)26(17-27-23)29(4,5)6;3*1-2-6-10(7-3-1)11-8-4-5-9-12-11;;;/h7-15,17-22H,1-6H3;7-15,17-21H,6H2,1-5H3;8-11,13,15-18H,7,14H2,1-6H3;3*1-6,8-9H;;;/q6*-1;;;. The van der Waals surface area contributed by atoms with Crippen molar-refractivity contribution < 1.29 is 60.3 Å². The Kier molecular flexibility index (Phi) is 35.4. The average Bonchev–Trinajstić information content (AvgIpc) is 1.60. The maximum absolute atomic E-state index is 4.97. The maximum atomic E-state index is 4.97. The molecule has 135 heavy (non-hydrogen) atoms. The number of hydrogen-bond acceptors (Lipinski definition) is 6. The van der Waals surface area contributed by atoms with E-state index in [1.807, 2.05) is 127 Å². The van der Waals surface area contributed by atoms with Crippen molar-refractivity contribution in [2.75, 3.05) is 0 Å². The zero-order chi connectivity index (χ0) is 92.6. The van der Waals surface area contributed by atoms with Gasteiger partial charge in [0.05, 0.1) is 24.2 Å². The molecule has 9 nitrogen and oxygen atoms in total. The predicted octanol–water partition coefficient (Wildman–Crippen LogP) is 29.7. The second-order valence-electron chi connectivity index (χ2n) is 37.8. The summed E-state index contributed by atoms with van der Waals surface area (Å²) in [5.41, 5.74) is 26.3. The first-order valence-electron chi connectivity index (χ1n) is 46.4. The molecule has 0 saturated carbocycles. The van der Waals surface area contributed by atoms with Crippen LogP contribution in [0.1, 0.15) is 90.3 Å². The van der Waals surface area contributed by atoms with Crippen LogP contribution in [0.25, 0.3) is 144 Å². The van der Waals surface area contributed by atoms with E-state index in [9.17, 15) is 0 Å². The van der Waals surface area contributed by atoms with Gasteiger partial charge in [-0.25, -0.2) is 0 Å². The number of fused-ring (bicyclic) bond motifs is 9. The molecule has 0 aliphatic carbocycles. The number of rotatable bonds is 18. The van der Waals surface area contributed by atoms with Gasteiger partial charge in [-0.2, -0.15) is 0 Å². The molecule has 11 aromatic carbocycles. The smallest absolute Gasteiger partial charge is 0.0799 e. The summed E-state index contributed by atoms with van der Waals surface area (Å²) in [5, 5.41) is 12.0. The monoisotopic (exact) mass is 2350 g/mol. The zero-order valence-electron chi connectivity index (χ0n) is 80.4. The quantitative estimate of drug-likeness (QED) is 0.0628. The van der Waals surface area contributed by atoms with Gasteiger partial charge < -0.3 is 43.6 Å². The predicted molar refractivity (Wildman–Crippen MR) is 568 cm³/mol. The molecule has 9 aromatic heterocycles. The Balaban J connectivity index is 0.000000153. The molecule has 2 atom stereocenters. The van der Waals surface area contributed by atoms with Crippen LogP contribution in [0.5, 0.6) is 0 Å². The summed E-state index contributed by atoms with van der Waals surface area (Å²) in [6, 6.07) is 128. The number of benzene rings is 11. The largest absolute Gasteiger partial charge is 0.381 e. The van der Waals surface area contributed by atoms with Gasteiger partial charge in [0.1, 0.15) is 0 Å². The molecule has 9 heterocycles. The molecule has 0 amide bonds. The van der Waals surface area contributed by atoms with Crippen molar-refractivity contribution in [2.45, 2.75) is 146 Å². The zero-order valence-corrected chi connectivity index (χ0v) is 90.6. The number of nitrogens with zero attached hydrogens (tertiary/aromatic N) is 9. The van der Waals surface area contributed by atoms with Gasteiger partial charge in [0.2, 0.25) is 0 Å². The van der Waals surface area contributed by atoms with Crippen molar-refractivity contribution in [3.8, 4) is 78.9 Å². The molecule has 3 radical (unpaired) electrons. The van der Waals surface area contributed by atoms with Crippen LogP contribution in [0.4, 0.5) is 0 Å². The van der Waals surface area contributed by atoms with Gasteiger partial charge in [-0.05, 0) is 187 Å². The molecule has 0 fully saturated rings. The van der Waals surface area contributed by atoms with Gasteiger partial charge in [0.25, 0.3) is 0 Å². The number of hydrogen-bond donors (Lipinski definition) is 0. The first kappa shape index (κ1) is 102. The van der Waals surface area contributed by atoms with Crippen LogP contribution in [0.3, 0.4) is 0 Å². The number of para-hydroxylation sites is 5. The third kappa shape index (κ3) is 24.4. The molecular weight excluding hydrogens is 2230 g/mol. The molecule has 0 spiro atoms. The van der Waals surface area contributed by atoms with Gasteiger partial charge in [-0.15, -0.1) is 179 Å². The van der Waals surface area contributed by atoms with Crippen LogP contribution in [0, 0.1) is 48.2 Å². The molecule has 20 aromatic rings. The Morgan fingerprint density at radius 1 is 0.296 bits per heavy atom. The van der Waals surface area contributed by atoms with E-state index in [0.29, 0.717) is 23.7 Å². The van der Waals surface area contributed by atoms with E-state index in [4.69, 9.17) is 15.0 Å². The van der Waals surface area contributed by atoms with Crippen LogP contribution in [-0.2, 0) is 73.3 Å². The van der Waals surface area contributed by atoms with Crippen LogP contribution < -0.4 is 15.6 Å². The molecule has 0 aliphatic heterocycles. The molecule has 20 rings (SSSR count). The third-order valence-corrected chi connectivity index (χ3v) is 30.7. The van der Waals surface area contributed by atoms with Crippen molar-refractivity contribution in [3.05, 3.63) is 406 Å².